The topological polar surface area (TPSA) is 28.2 Å². The predicted molar refractivity (Wildman–Crippen MR) is 87.0 cm³/mol. The maximum atomic E-state index is 4.66. The largest absolute Gasteiger partial charge is 0.370 e. The van der Waals surface area contributed by atoms with Gasteiger partial charge in [-0.2, -0.15) is 0 Å². The summed E-state index contributed by atoms with van der Waals surface area (Å²) in [7, 11) is 2.06. The molecule has 0 amide bonds. The van der Waals surface area contributed by atoms with E-state index in [1.54, 1.807) is 0 Å². The van der Waals surface area contributed by atoms with E-state index in [2.05, 4.69) is 61.2 Å². The number of rotatable bonds is 5. The van der Waals surface area contributed by atoms with Crippen molar-refractivity contribution >= 4 is 17.3 Å². The monoisotopic (exact) mass is 269 g/mol. The molecule has 1 aromatic heterocycles. The molecule has 0 unspecified atom stereocenters. The number of aryl methyl sites for hydroxylation is 2. The average Bonchev–Trinajstić information content (AvgIpc) is 2.45. The molecule has 0 spiro atoms. The van der Waals surface area contributed by atoms with E-state index in [-0.39, 0.29) is 0 Å². The highest BCUT2D eigenvalue weighted by Gasteiger charge is 2.08. The van der Waals surface area contributed by atoms with Gasteiger partial charge in [-0.05, 0) is 44.0 Å². The number of hydrogen-bond donors (Lipinski definition) is 1. The Kier molecular flexibility index (Phi) is 4.61. The second-order valence-electron chi connectivity index (χ2n) is 5.16. The summed E-state index contributed by atoms with van der Waals surface area (Å²) >= 11 is 0. The SMILES string of the molecule is CCCNc1cccc(N(C)c2ccc(C)cc2C)n1. The van der Waals surface area contributed by atoms with Crippen molar-refractivity contribution in [2.75, 3.05) is 23.8 Å². The van der Waals surface area contributed by atoms with Crippen molar-refractivity contribution < 1.29 is 0 Å². The molecule has 1 N–H and O–H groups in total. The van der Waals surface area contributed by atoms with Crippen LogP contribution in [0.25, 0.3) is 0 Å². The van der Waals surface area contributed by atoms with Crippen LogP contribution in [-0.2, 0) is 0 Å². The quantitative estimate of drug-likeness (QED) is 0.877. The fourth-order valence-corrected chi connectivity index (χ4v) is 2.27. The van der Waals surface area contributed by atoms with E-state index in [1.165, 1.54) is 16.8 Å². The molecular weight excluding hydrogens is 246 g/mol. The highest BCUT2D eigenvalue weighted by molar-refractivity contribution is 5.64. The Morgan fingerprint density at radius 3 is 2.65 bits per heavy atom. The van der Waals surface area contributed by atoms with Crippen LogP contribution < -0.4 is 10.2 Å². The molecule has 3 heteroatoms. The van der Waals surface area contributed by atoms with Crippen molar-refractivity contribution in [2.45, 2.75) is 27.2 Å². The van der Waals surface area contributed by atoms with Gasteiger partial charge in [0.15, 0.2) is 0 Å². The third-order valence-corrected chi connectivity index (χ3v) is 3.35. The van der Waals surface area contributed by atoms with Gasteiger partial charge in [0.1, 0.15) is 11.6 Å². The molecular formula is C17H23N3. The average molecular weight is 269 g/mol. The maximum Gasteiger partial charge on any atom is 0.135 e. The van der Waals surface area contributed by atoms with E-state index in [4.69, 9.17) is 0 Å². The van der Waals surface area contributed by atoms with Gasteiger partial charge in [-0.3, -0.25) is 0 Å². The van der Waals surface area contributed by atoms with Crippen LogP contribution in [0.5, 0.6) is 0 Å². The van der Waals surface area contributed by atoms with Gasteiger partial charge in [-0.15, -0.1) is 0 Å². The molecule has 0 bridgehead atoms. The molecule has 0 saturated heterocycles. The summed E-state index contributed by atoms with van der Waals surface area (Å²) in [6, 6.07) is 12.6. The Balaban J connectivity index is 2.26. The zero-order valence-corrected chi connectivity index (χ0v) is 12.8. The summed E-state index contributed by atoms with van der Waals surface area (Å²) in [5.74, 6) is 1.89. The second-order valence-corrected chi connectivity index (χ2v) is 5.16. The number of pyridine rings is 1. The van der Waals surface area contributed by atoms with Crippen molar-refractivity contribution in [1.29, 1.82) is 0 Å². The van der Waals surface area contributed by atoms with Crippen LogP contribution in [0.15, 0.2) is 36.4 Å². The van der Waals surface area contributed by atoms with E-state index >= 15 is 0 Å². The zero-order chi connectivity index (χ0) is 14.5. The van der Waals surface area contributed by atoms with Gasteiger partial charge in [-0.25, -0.2) is 4.98 Å². The van der Waals surface area contributed by atoms with Crippen molar-refractivity contribution in [3.8, 4) is 0 Å². The second kappa shape index (κ2) is 6.42. The molecule has 0 aliphatic rings. The van der Waals surface area contributed by atoms with Crippen LogP contribution in [-0.4, -0.2) is 18.6 Å². The summed E-state index contributed by atoms with van der Waals surface area (Å²) in [5.41, 5.74) is 3.74. The highest BCUT2D eigenvalue weighted by Crippen LogP contribution is 2.26. The van der Waals surface area contributed by atoms with Crippen LogP contribution in [0, 0.1) is 13.8 Å². The van der Waals surface area contributed by atoms with Crippen LogP contribution in [0.4, 0.5) is 17.3 Å². The highest BCUT2D eigenvalue weighted by atomic mass is 15.2. The lowest BCUT2D eigenvalue weighted by Crippen LogP contribution is -2.13. The van der Waals surface area contributed by atoms with E-state index in [9.17, 15) is 0 Å². The Bertz CT molecular complexity index is 578. The molecule has 0 radical (unpaired) electrons. The first-order valence-corrected chi connectivity index (χ1v) is 7.13. The number of benzene rings is 1. The number of nitrogens with one attached hydrogen (secondary N) is 1. The molecule has 1 aromatic carbocycles. The summed E-state index contributed by atoms with van der Waals surface area (Å²) in [5, 5.41) is 3.33. The van der Waals surface area contributed by atoms with Gasteiger partial charge < -0.3 is 10.2 Å². The van der Waals surface area contributed by atoms with Gasteiger partial charge in [0, 0.05) is 19.3 Å². The van der Waals surface area contributed by atoms with Crippen molar-refractivity contribution in [2.24, 2.45) is 0 Å². The molecule has 0 saturated carbocycles. The first-order chi connectivity index (χ1) is 9.61. The van der Waals surface area contributed by atoms with Gasteiger partial charge in [0.05, 0.1) is 0 Å². The Hall–Kier alpha value is -2.03. The third-order valence-electron chi connectivity index (χ3n) is 3.35. The van der Waals surface area contributed by atoms with Crippen LogP contribution >= 0.6 is 0 Å². The minimum Gasteiger partial charge on any atom is -0.370 e. The van der Waals surface area contributed by atoms with E-state index in [0.717, 1.165) is 24.6 Å². The van der Waals surface area contributed by atoms with Crippen molar-refractivity contribution in [1.82, 2.24) is 4.98 Å². The molecule has 20 heavy (non-hydrogen) atoms. The standard InChI is InChI=1S/C17H23N3/c1-5-11-18-16-7-6-8-17(19-16)20(4)15-10-9-13(2)12-14(15)3/h6-10,12H,5,11H2,1-4H3,(H,18,19). The molecule has 0 fully saturated rings. The predicted octanol–water partition coefficient (Wildman–Crippen LogP) is 4.29. The van der Waals surface area contributed by atoms with Gasteiger partial charge in [-0.1, -0.05) is 30.7 Å². The lowest BCUT2D eigenvalue weighted by Gasteiger charge is -2.21. The minimum absolute atomic E-state index is 0.931. The van der Waals surface area contributed by atoms with Crippen LogP contribution in [0.3, 0.4) is 0 Å². The Morgan fingerprint density at radius 1 is 1.15 bits per heavy atom. The first-order valence-electron chi connectivity index (χ1n) is 7.13. The van der Waals surface area contributed by atoms with Gasteiger partial charge >= 0.3 is 0 Å². The maximum absolute atomic E-state index is 4.66. The molecule has 1 heterocycles. The fourth-order valence-electron chi connectivity index (χ4n) is 2.27. The fraction of sp³-hybridized carbons (Fsp3) is 0.353. The molecule has 2 rings (SSSR count). The van der Waals surface area contributed by atoms with E-state index in [0.29, 0.717) is 0 Å². The first kappa shape index (κ1) is 14.4. The summed E-state index contributed by atoms with van der Waals surface area (Å²) in [4.78, 5) is 6.80. The Labute approximate surface area is 121 Å². The lowest BCUT2D eigenvalue weighted by molar-refractivity contribution is 0.966. The molecule has 106 valence electrons. The van der Waals surface area contributed by atoms with Gasteiger partial charge in [0.25, 0.3) is 0 Å². The lowest BCUT2D eigenvalue weighted by atomic mass is 10.1. The smallest absolute Gasteiger partial charge is 0.135 e. The van der Waals surface area contributed by atoms with Crippen LogP contribution in [0.2, 0.25) is 0 Å². The van der Waals surface area contributed by atoms with Crippen molar-refractivity contribution in [3.05, 3.63) is 47.5 Å². The summed E-state index contributed by atoms with van der Waals surface area (Å²) in [6.45, 7) is 7.35. The molecule has 0 aliphatic carbocycles. The molecule has 0 aliphatic heterocycles. The van der Waals surface area contributed by atoms with Crippen molar-refractivity contribution in [3.63, 3.8) is 0 Å². The Morgan fingerprint density at radius 2 is 1.95 bits per heavy atom. The molecule has 3 nitrogen and oxygen atoms in total. The van der Waals surface area contributed by atoms with Crippen LogP contribution in [0.1, 0.15) is 24.5 Å². The summed E-state index contributed by atoms with van der Waals surface area (Å²) in [6.07, 6.45) is 1.10. The zero-order valence-electron chi connectivity index (χ0n) is 12.8. The number of hydrogen-bond acceptors (Lipinski definition) is 3. The third kappa shape index (κ3) is 3.29. The van der Waals surface area contributed by atoms with E-state index in [1.807, 2.05) is 18.2 Å². The normalized spacial score (nSPS) is 10.4. The molecule has 0 atom stereocenters. The van der Waals surface area contributed by atoms with E-state index < -0.39 is 0 Å². The number of aromatic nitrogens is 1. The number of anilines is 3. The summed E-state index contributed by atoms with van der Waals surface area (Å²) < 4.78 is 0. The molecule has 2 aromatic rings. The van der Waals surface area contributed by atoms with Gasteiger partial charge in [0.2, 0.25) is 0 Å². The minimum atomic E-state index is 0.931. The number of nitrogens with zero attached hydrogens (tertiary/aromatic N) is 2.